The first-order chi connectivity index (χ1) is 13.6. The number of para-hydroxylation sites is 2. The molecule has 0 radical (unpaired) electrons. The van der Waals surface area contributed by atoms with Crippen molar-refractivity contribution in [3.05, 3.63) is 30.5 Å². The van der Waals surface area contributed by atoms with E-state index < -0.39 is 6.04 Å². The number of carbonyl (C=O) groups excluding carboxylic acids is 1. The number of nitrogens with one attached hydrogen (secondary N) is 1. The Balaban J connectivity index is 1.25. The molecule has 2 fully saturated rings. The van der Waals surface area contributed by atoms with Crippen LogP contribution in [0.5, 0.6) is 0 Å². The van der Waals surface area contributed by atoms with Crippen molar-refractivity contribution >= 4 is 23.0 Å². The molecule has 8 heteroatoms. The second kappa shape index (κ2) is 6.54. The molecule has 0 bridgehead atoms. The highest BCUT2D eigenvalue weighted by atomic mass is 16.4. The van der Waals surface area contributed by atoms with Crippen molar-refractivity contribution in [2.75, 3.05) is 18.4 Å². The molecular weight excluding hydrogens is 356 g/mol. The van der Waals surface area contributed by atoms with Crippen LogP contribution in [0.4, 0.5) is 6.01 Å². The summed E-state index contributed by atoms with van der Waals surface area (Å²) in [5.74, 6) is 0.342. The number of benzene rings is 1. The lowest BCUT2D eigenvalue weighted by Crippen LogP contribution is -2.45. The SMILES string of the molecule is C[C@@H](Nc1nnc(-c2cnc3ccccc3n2)o1)C(=O)N1CCC2(CC1)CC2. The monoisotopic (exact) mass is 378 g/mol. The summed E-state index contributed by atoms with van der Waals surface area (Å²) in [6, 6.07) is 7.38. The molecule has 1 atom stereocenters. The molecule has 1 aliphatic carbocycles. The second-order valence-electron chi connectivity index (χ2n) is 7.85. The van der Waals surface area contributed by atoms with Crippen LogP contribution in [-0.2, 0) is 4.79 Å². The molecule has 1 saturated carbocycles. The lowest BCUT2D eigenvalue weighted by Gasteiger charge is -2.33. The minimum Gasteiger partial charge on any atom is -0.402 e. The van der Waals surface area contributed by atoms with Crippen LogP contribution in [0, 0.1) is 5.41 Å². The lowest BCUT2D eigenvalue weighted by atomic mass is 9.93. The highest BCUT2D eigenvalue weighted by molar-refractivity contribution is 5.84. The van der Waals surface area contributed by atoms with Gasteiger partial charge in [0.05, 0.1) is 17.2 Å². The summed E-state index contributed by atoms with van der Waals surface area (Å²) in [6.07, 6.45) is 6.50. The van der Waals surface area contributed by atoms with Gasteiger partial charge >= 0.3 is 6.01 Å². The van der Waals surface area contributed by atoms with Gasteiger partial charge < -0.3 is 14.6 Å². The lowest BCUT2D eigenvalue weighted by molar-refractivity contribution is -0.133. The van der Waals surface area contributed by atoms with Gasteiger partial charge in [0.1, 0.15) is 11.7 Å². The number of amides is 1. The zero-order chi connectivity index (χ0) is 19.1. The molecule has 144 valence electrons. The van der Waals surface area contributed by atoms with Crippen molar-refractivity contribution in [2.45, 2.75) is 38.6 Å². The summed E-state index contributed by atoms with van der Waals surface area (Å²) >= 11 is 0. The zero-order valence-electron chi connectivity index (χ0n) is 15.8. The normalized spacial score (nSPS) is 19.0. The van der Waals surface area contributed by atoms with Crippen molar-refractivity contribution < 1.29 is 9.21 Å². The predicted octanol–water partition coefficient (Wildman–Crippen LogP) is 2.88. The summed E-state index contributed by atoms with van der Waals surface area (Å²) in [7, 11) is 0. The van der Waals surface area contributed by atoms with Gasteiger partial charge in [-0.15, -0.1) is 5.10 Å². The first kappa shape index (κ1) is 17.1. The standard InChI is InChI=1S/C20H22N6O2/c1-13(18(27)26-10-8-20(6-7-20)9-11-26)22-19-25-24-17(28-19)16-12-21-14-4-2-3-5-15(14)23-16/h2-5,12-13H,6-11H2,1H3,(H,22,25)/t13-/m1/s1. The number of hydrogen-bond acceptors (Lipinski definition) is 7. The Hall–Kier alpha value is -3.03. The fraction of sp³-hybridized carbons (Fsp3) is 0.450. The third-order valence-electron chi connectivity index (χ3n) is 5.90. The van der Waals surface area contributed by atoms with Crippen LogP contribution in [0.2, 0.25) is 0 Å². The number of piperidine rings is 1. The molecule has 3 aromatic rings. The predicted molar refractivity (Wildman–Crippen MR) is 103 cm³/mol. The Labute approximate surface area is 162 Å². The minimum absolute atomic E-state index is 0.0701. The number of anilines is 1. The first-order valence-corrected chi connectivity index (χ1v) is 9.73. The summed E-state index contributed by atoms with van der Waals surface area (Å²) in [6.45, 7) is 3.50. The molecule has 1 amide bonds. The number of hydrogen-bond donors (Lipinski definition) is 1. The third-order valence-corrected chi connectivity index (χ3v) is 5.90. The van der Waals surface area contributed by atoms with Crippen LogP contribution in [-0.4, -0.2) is 50.1 Å². The maximum absolute atomic E-state index is 12.7. The molecule has 5 rings (SSSR count). The first-order valence-electron chi connectivity index (χ1n) is 9.73. The molecule has 1 spiro atoms. The summed E-state index contributed by atoms with van der Waals surface area (Å²) in [5, 5.41) is 11.1. The highest BCUT2D eigenvalue weighted by Crippen LogP contribution is 2.53. The van der Waals surface area contributed by atoms with Gasteiger partial charge in [0.25, 0.3) is 5.89 Å². The summed E-state index contributed by atoms with van der Waals surface area (Å²) < 4.78 is 5.66. The van der Waals surface area contributed by atoms with Gasteiger partial charge in [0.15, 0.2) is 0 Å². The average molecular weight is 378 g/mol. The average Bonchev–Trinajstić information content (AvgIpc) is 3.31. The Morgan fingerprint density at radius 1 is 1.14 bits per heavy atom. The minimum atomic E-state index is -0.427. The van der Waals surface area contributed by atoms with E-state index in [0.717, 1.165) is 37.0 Å². The number of nitrogens with zero attached hydrogens (tertiary/aromatic N) is 5. The number of aromatic nitrogens is 4. The summed E-state index contributed by atoms with van der Waals surface area (Å²) in [4.78, 5) is 23.5. The van der Waals surface area contributed by atoms with Crippen LogP contribution in [0.15, 0.2) is 34.9 Å². The largest absolute Gasteiger partial charge is 0.402 e. The molecule has 1 saturated heterocycles. The van der Waals surface area contributed by atoms with E-state index in [1.807, 2.05) is 36.1 Å². The van der Waals surface area contributed by atoms with Gasteiger partial charge in [0.2, 0.25) is 5.91 Å². The molecule has 1 aromatic carbocycles. The van der Waals surface area contributed by atoms with Crippen molar-refractivity contribution in [3.63, 3.8) is 0 Å². The molecule has 1 N–H and O–H groups in total. The Bertz CT molecular complexity index is 1020. The van der Waals surface area contributed by atoms with E-state index in [1.54, 1.807) is 6.20 Å². The Kier molecular flexibility index (Phi) is 3.99. The maximum atomic E-state index is 12.7. The molecule has 8 nitrogen and oxygen atoms in total. The van der Waals surface area contributed by atoms with E-state index in [2.05, 4.69) is 25.5 Å². The molecule has 1 aliphatic heterocycles. The van der Waals surface area contributed by atoms with E-state index >= 15 is 0 Å². The Morgan fingerprint density at radius 3 is 2.64 bits per heavy atom. The number of carbonyl (C=O) groups is 1. The van der Waals surface area contributed by atoms with Gasteiger partial charge in [-0.3, -0.25) is 9.78 Å². The number of likely N-dealkylation sites (tertiary alicyclic amines) is 1. The molecule has 3 heterocycles. The number of rotatable bonds is 4. The van der Waals surface area contributed by atoms with Gasteiger partial charge in [-0.1, -0.05) is 17.2 Å². The maximum Gasteiger partial charge on any atom is 0.316 e. The van der Waals surface area contributed by atoms with Gasteiger partial charge in [0, 0.05) is 13.1 Å². The molecule has 0 unspecified atom stereocenters. The van der Waals surface area contributed by atoms with Gasteiger partial charge in [-0.25, -0.2) is 4.98 Å². The van der Waals surface area contributed by atoms with E-state index in [-0.39, 0.29) is 17.8 Å². The molecule has 28 heavy (non-hydrogen) atoms. The van der Waals surface area contributed by atoms with Crippen LogP contribution in [0.3, 0.4) is 0 Å². The van der Waals surface area contributed by atoms with Crippen molar-refractivity contribution in [1.29, 1.82) is 0 Å². The fourth-order valence-electron chi connectivity index (χ4n) is 3.84. The van der Waals surface area contributed by atoms with Gasteiger partial charge in [-0.05, 0) is 50.2 Å². The van der Waals surface area contributed by atoms with Crippen LogP contribution < -0.4 is 5.32 Å². The molecule has 2 aliphatic rings. The molecule has 2 aromatic heterocycles. The summed E-state index contributed by atoms with van der Waals surface area (Å²) in [5.41, 5.74) is 2.62. The van der Waals surface area contributed by atoms with Crippen LogP contribution in [0.1, 0.15) is 32.6 Å². The van der Waals surface area contributed by atoms with Gasteiger partial charge in [-0.2, -0.15) is 0 Å². The highest BCUT2D eigenvalue weighted by Gasteiger charge is 2.45. The topological polar surface area (TPSA) is 97.0 Å². The fourth-order valence-corrected chi connectivity index (χ4v) is 3.84. The van der Waals surface area contributed by atoms with E-state index in [0.29, 0.717) is 11.1 Å². The van der Waals surface area contributed by atoms with Crippen molar-refractivity contribution in [3.8, 4) is 11.6 Å². The van der Waals surface area contributed by atoms with E-state index in [4.69, 9.17) is 4.42 Å². The van der Waals surface area contributed by atoms with Crippen LogP contribution in [0.25, 0.3) is 22.6 Å². The van der Waals surface area contributed by atoms with Crippen molar-refractivity contribution in [1.82, 2.24) is 25.1 Å². The van der Waals surface area contributed by atoms with Crippen molar-refractivity contribution in [2.24, 2.45) is 5.41 Å². The van der Waals surface area contributed by atoms with E-state index in [1.165, 1.54) is 12.8 Å². The molecular formula is C20H22N6O2. The van der Waals surface area contributed by atoms with Crippen LogP contribution >= 0.6 is 0 Å². The van der Waals surface area contributed by atoms with E-state index in [9.17, 15) is 4.79 Å². The quantitative estimate of drug-likeness (QED) is 0.745. The zero-order valence-corrected chi connectivity index (χ0v) is 15.8. The number of fused-ring (bicyclic) bond motifs is 1. The Morgan fingerprint density at radius 2 is 1.89 bits per heavy atom. The third kappa shape index (κ3) is 3.19. The second-order valence-corrected chi connectivity index (χ2v) is 7.85. The smallest absolute Gasteiger partial charge is 0.316 e.